The molecule has 0 aromatic rings. The SMILES string of the molecule is CS(=O)(=O)O/N=C(\Cl)C1CCCCC1. The lowest BCUT2D eigenvalue weighted by molar-refractivity contribution is 0.336. The Kier molecular flexibility index (Phi) is 4.19. The molecule has 82 valence electrons. The van der Waals surface area contributed by atoms with Crippen molar-refractivity contribution in [2.24, 2.45) is 11.1 Å². The number of rotatable bonds is 3. The Morgan fingerprint density at radius 2 is 1.93 bits per heavy atom. The number of hydrogen-bond acceptors (Lipinski definition) is 4. The summed E-state index contributed by atoms with van der Waals surface area (Å²) in [5.41, 5.74) is 0. The summed E-state index contributed by atoms with van der Waals surface area (Å²) in [7, 11) is -3.53. The lowest BCUT2D eigenvalue weighted by Gasteiger charge is -2.18. The van der Waals surface area contributed by atoms with E-state index in [1.54, 1.807) is 0 Å². The van der Waals surface area contributed by atoms with Gasteiger partial charge in [-0.1, -0.05) is 36.0 Å². The van der Waals surface area contributed by atoms with Gasteiger partial charge in [0.15, 0.2) is 0 Å². The van der Waals surface area contributed by atoms with Crippen molar-refractivity contribution in [1.29, 1.82) is 0 Å². The highest BCUT2D eigenvalue weighted by molar-refractivity contribution is 7.85. The van der Waals surface area contributed by atoms with Crippen LogP contribution in [-0.2, 0) is 14.4 Å². The van der Waals surface area contributed by atoms with E-state index in [0.717, 1.165) is 31.9 Å². The third-order valence-electron chi connectivity index (χ3n) is 2.20. The largest absolute Gasteiger partial charge is 0.325 e. The first-order chi connectivity index (χ1) is 6.49. The van der Waals surface area contributed by atoms with E-state index in [-0.39, 0.29) is 11.1 Å². The number of hydrogen-bond donors (Lipinski definition) is 0. The summed E-state index contributed by atoms with van der Waals surface area (Å²) in [5, 5.41) is 3.69. The van der Waals surface area contributed by atoms with E-state index in [2.05, 4.69) is 9.44 Å². The molecule has 0 aromatic carbocycles. The van der Waals surface area contributed by atoms with Crippen molar-refractivity contribution in [2.75, 3.05) is 6.26 Å². The van der Waals surface area contributed by atoms with E-state index in [4.69, 9.17) is 11.6 Å². The molecule has 0 saturated heterocycles. The Bertz CT molecular complexity index is 307. The zero-order chi connectivity index (χ0) is 10.6. The highest BCUT2D eigenvalue weighted by Gasteiger charge is 2.18. The molecule has 0 aromatic heterocycles. The molecule has 0 amide bonds. The van der Waals surface area contributed by atoms with Gasteiger partial charge in [-0.15, -0.1) is 0 Å². The van der Waals surface area contributed by atoms with Gasteiger partial charge in [0, 0.05) is 5.92 Å². The summed E-state index contributed by atoms with van der Waals surface area (Å²) in [4.78, 5) is 0. The van der Waals surface area contributed by atoms with Gasteiger partial charge >= 0.3 is 10.1 Å². The van der Waals surface area contributed by atoms with Crippen LogP contribution in [0, 0.1) is 5.92 Å². The summed E-state index contributed by atoms with van der Waals surface area (Å²) in [6, 6.07) is 0. The Hall–Kier alpha value is -0.290. The number of halogens is 1. The van der Waals surface area contributed by atoms with Gasteiger partial charge < -0.3 is 0 Å². The van der Waals surface area contributed by atoms with E-state index in [0.29, 0.717) is 0 Å². The molecule has 1 aliphatic carbocycles. The number of nitrogens with zero attached hydrogens (tertiary/aromatic N) is 1. The lowest BCUT2D eigenvalue weighted by atomic mass is 9.90. The maximum absolute atomic E-state index is 10.6. The molecule has 14 heavy (non-hydrogen) atoms. The molecule has 0 heterocycles. The van der Waals surface area contributed by atoms with Crippen molar-refractivity contribution in [2.45, 2.75) is 32.1 Å². The van der Waals surface area contributed by atoms with E-state index >= 15 is 0 Å². The van der Waals surface area contributed by atoms with Gasteiger partial charge in [0.05, 0.1) is 6.26 Å². The van der Waals surface area contributed by atoms with Crippen LogP contribution in [0.2, 0.25) is 0 Å². The average molecular weight is 240 g/mol. The van der Waals surface area contributed by atoms with Crippen LogP contribution in [0.3, 0.4) is 0 Å². The first kappa shape index (κ1) is 11.8. The monoisotopic (exact) mass is 239 g/mol. The van der Waals surface area contributed by atoms with Crippen LogP contribution in [-0.4, -0.2) is 19.8 Å². The van der Waals surface area contributed by atoms with Crippen molar-refractivity contribution >= 4 is 26.9 Å². The van der Waals surface area contributed by atoms with Crippen LogP contribution in [0.5, 0.6) is 0 Å². The molecule has 0 spiro atoms. The molecule has 0 atom stereocenters. The van der Waals surface area contributed by atoms with Crippen molar-refractivity contribution in [3.8, 4) is 0 Å². The van der Waals surface area contributed by atoms with E-state index in [9.17, 15) is 8.42 Å². The van der Waals surface area contributed by atoms with Crippen LogP contribution in [0.1, 0.15) is 32.1 Å². The molecular weight excluding hydrogens is 226 g/mol. The van der Waals surface area contributed by atoms with E-state index in [1.165, 1.54) is 6.42 Å². The Morgan fingerprint density at radius 1 is 1.36 bits per heavy atom. The minimum atomic E-state index is -3.53. The smallest absolute Gasteiger partial charge is 0.268 e. The molecule has 4 nitrogen and oxygen atoms in total. The maximum Gasteiger partial charge on any atom is 0.325 e. The predicted molar refractivity (Wildman–Crippen MR) is 55.8 cm³/mol. The Balaban J connectivity index is 2.50. The van der Waals surface area contributed by atoms with Crippen molar-refractivity contribution in [3.63, 3.8) is 0 Å². The first-order valence-corrected chi connectivity index (χ1v) is 6.80. The normalized spacial score (nSPS) is 20.9. The lowest BCUT2D eigenvalue weighted by Crippen LogP contribution is -2.14. The van der Waals surface area contributed by atoms with Gasteiger partial charge in [0.2, 0.25) is 0 Å². The fraction of sp³-hybridized carbons (Fsp3) is 0.875. The third-order valence-corrected chi connectivity index (χ3v) is 2.92. The van der Waals surface area contributed by atoms with Gasteiger partial charge in [-0.3, -0.25) is 4.28 Å². The molecular formula is C8H14ClNO3S. The van der Waals surface area contributed by atoms with Crippen LogP contribution >= 0.6 is 11.6 Å². The van der Waals surface area contributed by atoms with Gasteiger partial charge in [-0.2, -0.15) is 8.42 Å². The summed E-state index contributed by atoms with van der Waals surface area (Å²) >= 11 is 5.83. The Labute approximate surface area is 89.4 Å². The standard InChI is InChI=1S/C8H14ClNO3S/c1-14(11,12)13-10-8(9)7-5-3-2-4-6-7/h7H,2-6H2,1H3/b10-8-. The fourth-order valence-electron chi connectivity index (χ4n) is 1.52. The van der Waals surface area contributed by atoms with Crippen molar-refractivity contribution < 1.29 is 12.7 Å². The highest BCUT2D eigenvalue weighted by atomic mass is 35.5. The van der Waals surface area contributed by atoms with Crippen LogP contribution < -0.4 is 0 Å². The molecule has 6 heteroatoms. The van der Waals surface area contributed by atoms with Gasteiger partial charge in [0.1, 0.15) is 5.17 Å². The average Bonchev–Trinajstić information content (AvgIpc) is 2.14. The molecule has 0 radical (unpaired) electrons. The minimum absolute atomic E-state index is 0.173. The molecule has 1 rings (SSSR count). The maximum atomic E-state index is 10.6. The molecule has 1 saturated carbocycles. The fourth-order valence-corrected chi connectivity index (χ4v) is 2.03. The van der Waals surface area contributed by atoms with E-state index in [1.807, 2.05) is 0 Å². The van der Waals surface area contributed by atoms with Crippen LogP contribution in [0.25, 0.3) is 0 Å². The molecule has 0 N–H and O–H groups in total. The predicted octanol–water partition coefficient (Wildman–Crippen LogP) is 2.10. The van der Waals surface area contributed by atoms with E-state index < -0.39 is 10.1 Å². The second kappa shape index (κ2) is 4.98. The third kappa shape index (κ3) is 4.28. The molecule has 1 fully saturated rings. The second-order valence-electron chi connectivity index (χ2n) is 3.53. The summed E-state index contributed by atoms with van der Waals surface area (Å²) < 4.78 is 25.5. The van der Waals surface area contributed by atoms with Gasteiger partial charge in [0.25, 0.3) is 0 Å². The minimum Gasteiger partial charge on any atom is -0.268 e. The van der Waals surface area contributed by atoms with Gasteiger partial charge in [-0.25, -0.2) is 0 Å². The zero-order valence-corrected chi connectivity index (χ0v) is 9.64. The summed E-state index contributed by atoms with van der Waals surface area (Å²) in [5.74, 6) is 0.173. The second-order valence-corrected chi connectivity index (χ2v) is 5.47. The molecule has 0 unspecified atom stereocenters. The number of oxime groups is 1. The summed E-state index contributed by atoms with van der Waals surface area (Å²) in [6.07, 6.45) is 6.34. The first-order valence-electron chi connectivity index (χ1n) is 4.61. The molecule has 0 bridgehead atoms. The highest BCUT2D eigenvalue weighted by Crippen LogP contribution is 2.26. The van der Waals surface area contributed by atoms with Gasteiger partial charge in [-0.05, 0) is 12.8 Å². The van der Waals surface area contributed by atoms with Crippen molar-refractivity contribution in [3.05, 3.63) is 0 Å². The van der Waals surface area contributed by atoms with Crippen molar-refractivity contribution in [1.82, 2.24) is 0 Å². The van der Waals surface area contributed by atoms with Crippen LogP contribution in [0.15, 0.2) is 5.16 Å². The molecule has 1 aliphatic rings. The topological polar surface area (TPSA) is 55.7 Å². The summed E-state index contributed by atoms with van der Waals surface area (Å²) in [6.45, 7) is 0. The zero-order valence-electron chi connectivity index (χ0n) is 8.07. The quantitative estimate of drug-likeness (QED) is 0.560. The Morgan fingerprint density at radius 3 is 2.43 bits per heavy atom. The van der Waals surface area contributed by atoms with Crippen LogP contribution in [0.4, 0.5) is 0 Å². The molecule has 0 aliphatic heterocycles.